The van der Waals surface area contributed by atoms with E-state index in [1.165, 1.54) is 0 Å². The van der Waals surface area contributed by atoms with Gasteiger partial charge in [-0.3, -0.25) is 4.79 Å². The minimum absolute atomic E-state index is 0.0454. The van der Waals surface area contributed by atoms with Gasteiger partial charge in [-0.25, -0.2) is 4.79 Å². The quantitative estimate of drug-likeness (QED) is 0.710. The Morgan fingerprint density at radius 1 is 1.19 bits per heavy atom. The summed E-state index contributed by atoms with van der Waals surface area (Å²) in [7, 11) is 0. The summed E-state index contributed by atoms with van der Waals surface area (Å²) in [4.78, 5) is 28.0. The van der Waals surface area contributed by atoms with E-state index in [9.17, 15) is 22.8 Å². The smallest absolute Gasteiger partial charge is 0.406 e. The summed E-state index contributed by atoms with van der Waals surface area (Å²) in [6.07, 6.45) is -5.63. The summed E-state index contributed by atoms with van der Waals surface area (Å²) in [5.74, 6) is -1.58. The van der Waals surface area contributed by atoms with Crippen molar-refractivity contribution < 1.29 is 27.5 Å². The largest absolute Gasteiger partial charge is 0.448 e. The second-order valence-corrected chi connectivity index (χ2v) is 6.49. The van der Waals surface area contributed by atoms with E-state index in [1.54, 1.807) is 6.07 Å². The number of likely N-dealkylation sites (tertiary alicyclic amines) is 1. The molecule has 1 aliphatic heterocycles. The van der Waals surface area contributed by atoms with Gasteiger partial charge in [-0.1, -0.05) is 30.3 Å². The predicted octanol–water partition coefficient (Wildman–Crippen LogP) is 3.64. The van der Waals surface area contributed by atoms with Gasteiger partial charge in [-0.2, -0.15) is 13.2 Å². The predicted molar refractivity (Wildman–Crippen MR) is 92.3 cm³/mol. The Kier molecular flexibility index (Phi) is 4.05. The normalized spacial score (nSPS) is 17.8. The molecule has 1 aromatic heterocycles. The van der Waals surface area contributed by atoms with E-state index < -0.39 is 30.7 Å². The van der Waals surface area contributed by atoms with Crippen LogP contribution in [-0.4, -0.2) is 47.1 Å². The van der Waals surface area contributed by atoms with Gasteiger partial charge >= 0.3 is 12.1 Å². The Morgan fingerprint density at radius 3 is 2.74 bits per heavy atom. The second-order valence-electron chi connectivity index (χ2n) is 6.49. The van der Waals surface area contributed by atoms with Crippen LogP contribution in [0.2, 0.25) is 0 Å². The third-order valence-corrected chi connectivity index (χ3v) is 4.62. The average molecular weight is 376 g/mol. The van der Waals surface area contributed by atoms with Crippen LogP contribution in [0.1, 0.15) is 16.9 Å². The monoisotopic (exact) mass is 376 g/mol. The summed E-state index contributed by atoms with van der Waals surface area (Å²) in [6, 6.07) is 13.1. The Bertz CT molecular complexity index is 1040. The van der Waals surface area contributed by atoms with Gasteiger partial charge in [0, 0.05) is 23.9 Å². The Hall–Kier alpha value is -3.03. The molecule has 1 N–H and O–H groups in total. The van der Waals surface area contributed by atoms with Crippen molar-refractivity contribution in [2.24, 2.45) is 0 Å². The molecule has 0 spiro atoms. The van der Waals surface area contributed by atoms with Crippen LogP contribution in [0, 0.1) is 0 Å². The minimum Gasteiger partial charge on any atom is -0.448 e. The van der Waals surface area contributed by atoms with Gasteiger partial charge in [0.2, 0.25) is 0 Å². The molecule has 3 aromatic rings. The highest BCUT2D eigenvalue weighted by Crippen LogP contribution is 2.27. The topological polar surface area (TPSA) is 62.4 Å². The number of carbonyl (C=O) groups excluding carboxylic acids is 2. The molecule has 1 atom stereocenters. The zero-order valence-electron chi connectivity index (χ0n) is 14.0. The lowest BCUT2D eigenvalue weighted by Gasteiger charge is -2.18. The van der Waals surface area contributed by atoms with Gasteiger partial charge in [0.15, 0.2) is 6.10 Å². The van der Waals surface area contributed by atoms with Crippen molar-refractivity contribution in [1.29, 1.82) is 0 Å². The molecule has 5 nitrogen and oxygen atoms in total. The maximum Gasteiger partial charge on any atom is 0.406 e. The summed E-state index contributed by atoms with van der Waals surface area (Å²) in [5, 5.41) is 2.80. The molecule has 140 valence electrons. The van der Waals surface area contributed by atoms with E-state index in [0.29, 0.717) is 4.90 Å². The Balaban J connectivity index is 1.54. The van der Waals surface area contributed by atoms with Crippen LogP contribution < -0.4 is 0 Å². The third kappa shape index (κ3) is 3.34. The number of amides is 1. The molecule has 27 heavy (non-hydrogen) atoms. The lowest BCUT2D eigenvalue weighted by Crippen LogP contribution is -2.38. The maximum atomic E-state index is 12.5. The number of benzene rings is 2. The fourth-order valence-electron chi connectivity index (χ4n) is 3.38. The molecule has 0 bridgehead atoms. The molecular weight excluding hydrogens is 361 g/mol. The van der Waals surface area contributed by atoms with Crippen molar-refractivity contribution in [2.75, 3.05) is 13.1 Å². The Morgan fingerprint density at radius 2 is 1.96 bits per heavy atom. The van der Waals surface area contributed by atoms with Crippen molar-refractivity contribution in [1.82, 2.24) is 9.88 Å². The molecule has 0 aliphatic carbocycles. The number of ether oxygens (including phenoxy) is 1. The number of aromatic amines is 1. The van der Waals surface area contributed by atoms with Gasteiger partial charge < -0.3 is 14.6 Å². The standard InChI is InChI=1S/C19H15F3N2O3/c20-19(21,22)10-24-8-7-16(17(24)25)27-18(26)15-9-13-12-4-2-1-3-11(12)5-6-14(13)23-15/h1-6,9,16,23H,7-8,10H2. The molecule has 8 heteroatoms. The van der Waals surface area contributed by atoms with Crippen LogP contribution in [0.25, 0.3) is 21.7 Å². The highest BCUT2D eigenvalue weighted by molar-refractivity contribution is 6.09. The maximum absolute atomic E-state index is 12.5. The van der Waals surface area contributed by atoms with Crippen LogP contribution in [0.3, 0.4) is 0 Å². The molecular formula is C19H15F3N2O3. The van der Waals surface area contributed by atoms with Gasteiger partial charge in [0.25, 0.3) is 5.91 Å². The lowest BCUT2D eigenvalue weighted by atomic mass is 10.1. The van der Waals surface area contributed by atoms with Crippen LogP contribution in [0.15, 0.2) is 42.5 Å². The number of nitrogens with zero attached hydrogens (tertiary/aromatic N) is 1. The fraction of sp³-hybridized carbons (Fsp3) is 0.263. The van der Waals surface area contributed by atoms with Gasteiger partial charge in [-0.15, -0.1) is 0 Å². The average Bonchev–Trinajstić information content (AvgIpc) is 3.19. The van der Waals surface area contributed by atoms with Gasteiger partial charge in [0.1, 0.15) is 12.2 Å². The zero-order chi connectivity index (χ0) is 19.2. The highest BCUT2D eigenvalue weighted by atomic mass is 19.4. The number of alkyl halides is 3. The molecule has 4 rings (SSSR count). The number of rotatable bonds is 3. The molecule has 1 unspecified atom stereocenters. The summed E-state index contributed by atoms with van der Waals surface area (Å²) < 4.78 is 42.6. The number of H-pyrrole nitrogens is 1. The number of fused-ring (bicyclic) bond motifs is 3. The molecule has 1 saturated heterocycles. The van der Waals surface area contributed by atoms with Crippen LogP contribution in [0.5, 0.6) is 0 Å². The second kappa shape index (κ2) is 6.29. The number of aromatic nitrogens is 1. The van der Waals surface area contributed by atoms with Crippen molar-refractivity contribution >= 4 is 33.6 Å². The number of carbonyl (C=O) groups is 2. The van der Waals surface area contributed by atoms with Crippen molar-refractivity contribution in [3.05, 3.63) is 48.2 Å². The first-order chi connectivity index (χ1) is 12.8. The number of nitrogens with one attached hydrogen (secondary N) is 1. The summed E-state index contributed by atoms with van der Waals surface area (Å²) in [5.41, 5.74) is 0.889. The van der Waals surface area contributed by atoms with Crippen LogP contribution >= 0.6 is 0 Å². The molecule has 1 aliphatic rings. The first-order valence-electron chi connectivity index (χ1n) is 8.39. The van der Waals surface area contributed by atoms with Gasteiger partial charge in [-0.05, 0) is 22.9 Å². The van der Waals surface area contributed by atoms with Gasteiger partial charge in [0.05, 0.1) is 0 Å². The van der Waals surface area contributed by atoms with E-state index in [1.807, 2.05) is 36.4 Å². The molecule has 1 amide bonds. The number of halogens is 3. The highest BCUT2D eigenvalue weighted by Gasteiger charge is 2.41. The molecule has 2 heterocycles. The SMILES string of the molecule is O=C(OC1CCN(CC(F)(F)F)C1=O)c1cc2c(ccc3ccccc32)[nH]1. The molecule has 1 fully saturated rings. The molecule has 0 radical (unpaired) electrons. The number of hydrogen-bond acceptors (Lipinski definition) is 3. The van der Waals surface area contributed by atoms with E-state index in [0.717, 1.165) is 21.7 Å². The van der Waals surface area contributed by atoms with Crippen LogP contribution in [0.4, 0.5) is 13.2 Å². The fourth-order valence-corrected chi connectivity index (χ4v) is 3.38. The van der Waals surface area contributed by atoms with E-state index in [-0.39, 0.29) is 18.7 Å². The molecule has 2 aromatic carbocycles. The zero-order valence-corrected chi connectivity index (χ0v) is 14.0. The first-order valence-corrected chi connectivity index (χ1v) is 8.39. The van der Waals surface area contributed by atoms with E-state index in [2.05, 4.69) is 4.98 Å². The van der Waals surface area contributed by atoms with E-state index >= 15 is 0 Å². The first kappa shape index (κ1) is 17.4. The van der Waals surface area contributed by atoms with Crippen molar-refractivity contribution in [3.63, 3.8) is 0 Å². The summed E-state index contributed by atoms with van der Waals surface area (Å²) in [6.45, 7) is -1.42. The third-order valence-electron chi connectivity index (χ3n) is 4.62. The van der Waals surface area contributed by atoms with Crippen molar-refractivity contribution in [2.45, 2.75) is 18.7 Å². The summed E-state index contributed by atoms with van der Waals surface area (Å²) >= 11 is 0. The number of hydrogen-bond donors (Lipinski definition) is 1. The van der Waals surface area contributed by atoms with Crippen LogP contribution in [-0.2, 0) is 9.53 Å². The molecule has 0 saturated carbocycles. The number of esters is 1. The van der Waals surface area contributed by atoms with E-state index in [4.69, 9.17) is 4.74 Å². The van der Waals surface area contributed by atoms with Crippen molar-refractivity contribution in [3.8, 4) is 0 Å². The Labute approximate surface area is 151 Å². The minimum atomic E-state index is -4.48. The lowest BCUT2D eigenvalue weighted by molar-refractivity contribution is -0.160.